The number of hydrogen-bond acceptors (Lipinski definition) is 3. The molecule has 2 N–H and O–H groups in total. The average molecular weight is 356 g/mol. The van der Waals surface area contributed by atoms with Gasteiger partial charge in [0.15, 0.2) is 0 Å². The smallest absolute Gasteiger partial charge is 0.225 e. The van der Waals surface area contributed by atoms with Crippen molar-refractivity contribution in [3.8, 4) is 0 Å². The molecule has 26 heavy (non-hydrogen) atoms. The summed E-state index contributed by atoms with van der Waals surface area (Å²) in [6, 6.07) is 11.0. The number of benzene rings is 1. The molecule has 1 aromatic carbocycles. The number of rotatable bonds is 3. The van der Waals surface area contributed by atoms with Gasteiger partial charge in [-0.15, -0.1) is 0 Å². The summed E-state index contributed by atoms with van der Waals surface area (Å²) in [5.41, 5.74) is 7.77. The van der Waals surface area contributed by atoms with Gasteiger partial charge in [-0.3, -0.25) is 9.69 Å². The SMILES string of the molecule is NC1C2CCCC1CC(C(=O)N1CCCN(Cc3ccccc3)CC1)C2. The van der Waals surface area contributed by atoms with Crippen LogP contribution in [0.25, 0.3) is 0 Å². The molecule has 4 nitrogen and oxygen atoms in total. The minimum atomic E-state index is 0.228. The fourth-order valence-corrected chi connectivity index (χ4v) is 5.44. The molecule has 0 aromatic heterocycles. The molecule has 2 bridgehead atoms. The lowest BCUT2D eigenvalue weighted by molar-refractivity contribution is -0.138. The van der Waals surface area contributed by atoms with Gasteiger partial charge in [0, 0.05) is 44.7 Å². The Labute approximate surface area is 157 Å². The highest BCUT2D eigenvalue weighted by molar-refractivity contribution is 5.79. The topological polar surface area (TPSA) is 49.6 Å². The lowest BCUT2D eigenvalue weighted by atomic mass is 9.65. The zero-order chi connectivity index (χ0) is 17.9. The van der Waals surface area contributed by atoms with E-state index in [1.165, 1.54) is 24.8 Å². The molecule has 142 valence electrons. The molecule has 1 amide bonds. The highest BCUT2D eigenvalue weighted by atomic mass is 16.2. The molecule has 2 unspecified atom stereocenters. The predicted molar refractivity (Wildman–Crippen MR) is 104 cm³/mol. The number of amides is 1. The molecule has 2 aliphatic carbocycles. The van der Waals surface area contributed by atoms with E-state index in [0.717, 1.165) is 52.0 Å². The summed E-state index contributed by atoms with van der Waals surface area (Å²) in [5.74, 6) is 1.80. The summed E-state index contributed by atoms with van der Waals surface area (Å²) in [5, 5.41) is 0. The Morgan fingerprint density at radius 3 is 2.42 bits per heavy atom. The maximum absolute atomic E-state index is 13.2. The normalized spacial score (nSPS) is 32.9. The predicted octanol–water partition coefficient (Wildman–Crippen LogP) is 2.87. The largest absolute Gasteiger partial charge is 0.341 e. The van der Waals surface area contributed by atoms with Crippen molar-refractivity contribution in [2.24, 2.45) is 23.5 Å². The summed E-state index contributed by atoms with van der Waals surface area (Å²) in [6.07, 6.45) is 6.90. The van der Waals surface area contributed by atoms with E-state index in [4.69, 9.17) is 5.73 Å². The highest BCUT2D eigenvalue weighted by Crippen LogP contribution is 2.42. The molecule has 4 rings (SSSR count). The van der Waals surface area contributed by atoms with E-state index in [0.29, 0.717) is 23.8 Å². The molecule has 3 fully saturated rings. The van der Waals surface area contributed by atoms with Crippen molar-refractivity contribution in [1.82, 2.24) is 9.80 Å². The lowest BCUT2D eigenvalue weighted by Crippen LogP contribution is -2.50. The van der Waals surface area contributed by atoms with Gasteiger partial charge in [-0.2, -0.15) is 0 Å². The number of hydrogen-bond donors (Lipinski definition) is 1. The van der Waals surface area contributed by atoms with Crippen molar-refractivity contribution < 1.29 is 4.79 Å². The fourth-order valence-electron chi connectivity index (χ4n) is 5.44. The van der Waals surface area contributed by atoms with Crippen molar-refractivity contribution in [3.63, 3.8) is 0 Å². The van der Waals surface area contributed by atoms with Crippen LogP contribution in [0.3, 0.4) is 0 Å². The first-order chi connectivity index (χ1) is 12.7. The first kappa shape index (κ1) is 18.0. The van der Waals surface area contributed by atoms with Crippen LogP contribution in [0, 0.1) is 17.8 Å². The van der Waals surface area contributed by atoms with Gasteiger partial charge < -0.3 is 10.6 Å². The van der Waals surface area contributed by atoms with E-state index in [1.807, 2.05) is 0 Å². The molecule has 0 radical (unpaired) electrons. The lowest BCUT2D eigenvalue weighted by Gasteiger charge is -2.44. The van der Waals surface area contributed by atoms with Crippen LogP contribution in [0.2, 0.25) is 0 Å². The summed E-state index contributed by atoms with van der Waals surface area (Å²) in [4.78, 5) is 17.8. The van der Waals surface area contributed by atoms with Gasteiger partial charge in [0.25, 0.3) is 0 Å². The van der Waals surface area contributed by atoms with Crippen molar-refractivity contribution in [2.45, 2.75) is 51.1 Å². The Balaban J connectivity index is 1.33. The van der Waals surface area contributed by atoms with E-state index in [2.05, 4.69) is 40.1 Å². The molecule has 2 atom stereocenters. The first-order valence-electron chi connectivity index (χ1n) is 10.5. The van der Waals surface area contributed by atoms with E-state index < -0.39 is 0 Å². The molecule has 1 saturated heterocycles. The second-order valence-corrected chi connectivity index (χ2v) is 8.64. The third-order valence-corrected chi connectivity index (χ3v) is 6.91. The quantitative estimate of drug-likeness (QED) is 0.907. The van der Waals surface area contributed by atoms with Crippen molar-refractivity contribution in [3.05, 3.63) is 35.9 Å². The van der Waals surface area contributed by atoms with Gasteiger partial charge in [-0.05, 0) is 49.5 Å². The van der Waals surface area contributed by atoms with Crippen molar-refractivity contribution >= 4 is 5.91 Å². The minimum absolute atomic E-state index is 0.228. The monoisotopic (exact) mass is 355 g/mol. The van der Waals surface area contributed by atoms with Gasteiger partial charge in [0.05, 0.1) is 0 Å². The maximum atomic E-state index is 13.2. The number of nitrogens with two attached hydrogens (primary N) is 1. The molecule has 1 aromatic rings. The Morgan fingerprint density at radius 1 is 0.962 bits per heavy atom. The zero-order valence-corrected chi connectivity index (χ0v) is 15.9. The molecule has 0 spiro atoms. The van der Waals surface area contributed by atoms with Crippen LogP contribution in [-0.4, -0.2) is 47.9 Å². The Morgan fingerprint density at radius 2 is 1.69 bits per heavy atom. The first-order valence-corrected chi connectivity index (χ1v) is 10.5. The van der Waals surface area contributed by atoms with Gasteiger partial charge in [-0.25, -0.2) is 0 Å². The fraction of sp³-hybridized carbons (Fsp3) is 0.682. The Hall–Kier alpha value is -1.39. The standard InChI is InChI=1S/C22H33N3O/c23-21-18-8-4-9-19(21)15-20(14-18)22(26)25-11-5-10-24(12-13-25)16-17-6-2-1-3-7-17/h1-3,6-7,18-21H,4-5,8-16,23H2. The second-order valence-electron chi connectivity index (χ2n) is 8.64. The number of nitrogens with zero attached hydrogens (tertiary/aromatic N) is 2. The number of carbonyl (C=O) groups is 1. The summed E-state index contributed by atoms with van der Waals surface area (Å²) in [7, 11) is 0. The molecule has 3 aliphatic rings. The number of carbonyl (C=O) groups excluding carboxylic acids is 1. The van der Waals surface area contributed by atoms with Crippen LogP contribution in [0.15, 0.2) is 30.3 Å². The Bertz CT molecular complexity index is 591. The zero-order valence-electron chi connectivity index (χ0n) is 15.9. The average Bonchev–Trinajstić information content (AvgIpc) is 2.87. The van der Waals surface area contributed by atoms with Gasteiger partial charge in [-0.1, -0.05) is 36.8 Å². The minimum Gasteiger partial charge on any atom is -0.341 e. The molecule has 1 heterocycles. The molecular weight excluding hydrogens is 322 g/mol. The Kier molecular flexibility index (Phi) is 5.60. The van der Waals surface area contributed by atoms with E-state index in [-0.39, 0.29) is 5.92 Å². The van der Waals surface area contributed by atoms with Gasteiger partial charge in [0.1, 0.15) is 0 Å². The van der Waals surface area contributed by atoms with Crippen LogP contribution >= 0.6 is 0 Å². The molecule has 2 saturated carbocycles. The second kappa shape index (κ2) is 8.10. The van der Waals surface area contributed by atoms with Crippen LogP contribution in [0.4, 0.5) is 0 Å². The third kappa shape index (κ3) is 3.96. The van der Waals surface area contributed by atoms with Crippen LogP contribution < -0.4 is 5.73 Å². The highest BCUT2D eigenvalue weighted by Gasteiger charge is 2.41. The molecule has 1 aliphatic heterocycles. The van der Waals surface area contributed by atoms with Crippen LogP contribution in [-0.2, 0) is 11.3 Å². The van der Waals surface area contributed by atoms with Crippen LogP contribution in [0.5, 0.6) is 0 Å². The summed E-state index contributed by atoms with van der Waals surface area (Å²) < 4.78 is 0. The van der Waals surface area contributed by atoms with Gasteiger partial charge >= 0.3 is 0 Å². The van der Waals surface area contributed by atoms with E-state index >= 15 is 0 Å². The molecular formula is C22H33N3O. The van der Waals surface area contributed by atoms with Crippen molar-refractivity contribution in [1.29, 1.82) is 0 Å². The van der Waals surface area contributed by atoms with Crippen LogP contribution in [0.1, 0.15) is 44.1 Å². The van der Waals surface area contributed by atoms with E-state index in [9.17, 15) is 4.79 Å². The molecule has 4 heteroatoms. The summed E-state index contributed by atoms with van der Waals surface area (Å²) in [6.45, 7) is 4.86. The third-order valence-electron chi connectivity index (χ3n) is 6.91. The maximum Gasteiger partial charge on any atom is 0.225 e. The van der Waals surface area contributed by atoms with E-state index in [1.54, 1.807) is 0 Å². The van der Waals surface area contributed by atoms with Gasteiger partial charge in [0.2, 0.25) is 5.91 Å². The summed E-state index contributed by atoms with van der Waals surface area (Å²) >= 11 is 0. The van der Waals surface area contributed by atoms with Crippen molar-refractivity contribution in [2.75, 3.05) is 26.2 Å². The number of fused-ring (bicyclic) bond motifs is 2.